The number of amides is 2. The molecule has 0 fully saturated rings. The molecule has 0 saturated heterocycles. The number of carbonyl (C=O) groups excluding carboxylic acids is 1. The van der Waals surface area contributed by atoms with Crippen molar-refractivity contribution in [1.82, 2.24) is 10.6 Å². The van der Waals surface area contributed by atoms with E-state index in [4.69, 9.17) is 0 Å². The highest BCUT2D eigenvalue weighted by Crippen LogP contribution is 2.11. The first-order valence-corrected chi connectivity index (χ1v) is 6.14. The fraction of sp³-hybridized carbons (Fsp3) is 0.889. The lowest BCUT2D eigenvalue weighted by atomic mass is 10.0. The topological polar surface area (TPSA) is 61.4 Å². The summed E-state index contributed by atoms with van der Waals surface area (Å²) in [5, 5.41) is 15.0. The number of thioether (sulfide) groups is 1. The summed E-state index contributed by atoms with van der Waals surface area (Å²) in [6.07, 6.45) is 2.67. The van der Waals surface area contributed by atoms with Crippen LogP contribution in [0.4, 0.5) is 4.79 Å². The maximum absolute atomic E-state index is 11.0. The molecule has 0 aliphatic carbocycles. The molecule has 0 spiro atoms. The SMILES string of the molecule is CCNC(=O)NC[C@](C)(O)CCSC. The van der Waals surface area contributed by atoms with E-state index in [0.29, 0.717) is 19.5 Å². The van der Waals surface area contributed by atoms with Crippen LogP contribution in [-0.2, 0) is 0 Å². The minimum absolute atomic E-state index is 0.225. The number of aliphatic hydroxyl groups is 1. The van der Waals surface area contributed by atoms with Gasteiger partial charge in [-0.05, 0) is 32.3 Å². The van der Waals surface area contributed by atoms with E-state index in [9.17, 15) is 9.90 Å². The molecule has 84 valence electrons. The van der Waals surface area contributed by atoms with Crippen molar-refractivity contribution in [3.05, 3.63) is 0 Å². The summed E-state index contributed by atoms with van der Waals surface area (Å²) >= 11 is 1.68. The first-order chi connectivity index (χ1) is 6.52. The van der Waals surface area contributed by atoms with Gasteiger partial charge in [0.05, 0.1) is 5.60 Å². The maximum Gasteiger partial charge on any atom is 0.314 e. The van der Waals surface area contributed by atoms with Crippen LogP contribution in [0, 0.1) is 0 Å². The molecule has 0 bridgehead atoms. The fourth-order valence-electron chi connectivity index (χ4n) is 0.904. The van der Waals surface area contributed by atoms with Crippen molar-refractivity contribution in [3.8, 4) is 0 Å². The Morgan fingerprint density at radius 1 is 1.50 bits per heavy atom. The zero-order valence-corrected chi connectivity index (χ0v) is 9.91. The molecule has 0 saturated carbocycles. The van der Waals surface area contributed by atoms with Crippen molar-refractivity contribution in [1.29, 1.82) is 0 Å². The zero-order valence-electron chi connectivity index (χ0n) is 9.09. The molecule has 0 aromatic rings. The highest BCUT2D eigenvalue weighted by atomic mass is 32.2. The van der Waals surface area contributed by atoms with Crippen LogP contribution in [0.25, 0.3) is 0 Å². The lowest BCUT2D eigenvalue weighted by Gasteiger charge is -2.23. The van der Waals surface area contributed by atoms with Crippen LogP contribution in [0.1, 0.15) is 20.3 Å². The number of rotatable bonds is 6. The first-order valence-electron chi connectivity index (χ1n) is 4.75. The van der Waals surface area contributed by atoms with Crippen LogP contribution < -0.4 is 10.6 Å². The van der Waals surface area contributed by atoms with E-state index >= 15 is 0 Å². The predicted octanol–water partition coefficient (Wildman–Crippen LogP) is 0.810. The molecule has 0 aliphatic heterocycles. The van der Waals surface area contributed by atoms with Crippen LogP contribution in [0.15, 0.2) is 0 Å². The van der Waals surface area contributed by atoms with E-state index in [1.54, 1.807) is 18.7 Å². The van der Waals surface area contributed by atoms with Crippen LogP contribution in [0.5, 0.6) is 0 Å². The van der Waals surface area contributed by atoms with Crippen molar-refractivity contribution >= 4 is 17.8 Å². The van der Waals surface area contributed by atoms with Gasteiger partial charge >= 0.3 is 6.03 Å². The van der Waals surface area contributed by atoms with Gasteiger partial charge in [0.2, 0.25) is 0 Å². The van der Waals surface area contributed by atoms with Crippen LogP contribution in [0.3, 0.4) is 0 Å². The van der Waals surface area contributed by atoms with Gasteiger partial charge in [-0.15, -0.1) is 0 Å². The van der Waals surface area contributed by atoms with Gasteiger partial charge in [-0.2, -0.15) is 11.8 Å². The van der Waals surface area contributed by atoms with Gasteiger partial charge in [-0.25, -0.2) is 4.79 Å². The third-order valence-electron chi connectivity index (χ3n) is 1.81. The predicted molar refractivity (Wildman–Crippen MR) is 60.7 cm³/mol. The highest BCUT2D eigenvalue weighted by molar-refractivity contribution is 7.98. The van der Waals surface area contributed by atoms with Crippen molar-refractivity contribution in [2.75, 3.05) is 25.1 Å². The first kappa shape index (κ1) is 13.6. The lowest BCUT2D eigenvalue weighted by molar-refractivity contribution is 0.0594. The van der Waals surface area contributed by atoms with E-state index < -0.39 is 5.60 Å². The zero-order chi connectivity index (χ0) is 11.0. The van der Waals surface area contributed by atoms with Crippen LogP contribution >= 0.6 is 11.8 Å². The van der Waals surface area contributed by atoms with Crippen LogP contribution in [-0.4, -0.2) is 41.8 Å². The van der Waals surface area contributed by atoms with Gasteiger partial charge < -0.3 is 15.7 Å². The molecule has 0 rings (SSSR count). The quantitative estimate of drug-likeness (QED) is 0.621. The number of hydrogen-bond donors (Lipinski definition) is 3. The van der Waals surface area contributed by atoms with Crippen molar-refractivity contribution < 1.29 is 9.90 Å². The summed E-state index contributed by atoms with van der Waals surface area (Å²) in [6.45, 7) is 4.47. The maximum atomic E-state index is 11.0. The van der Waals surface area contributed by atoms with Crippen molar-refractivity contribution in [2.24, 2.45) is 0 Å². The molecule has 14 heavy (non-hydrogen) atoms. The summed E-state index contributed by atoms with van der Waals surface area (Å²) in [5.41, 5.74) is -0.811. The van der Waals surface area contributed by atoms with E-state index in [-0.39, 0.29) is 6.03 Å². The minimum atomic E-state index is -0.811. The summed E-state index contributed by atoms with van der Waals surface area (Å²) < 4.78 is 0. The molecule has 5 heteroatoms. The standard InChI is InChI=1S/C9H20N2O2S/c1-4-10-8(12)11-7-9(2,13)5-6-14-3/h13H,4-7H2,1-3H3,(H2,10,11,12)/t9-/m1/s1. The largest absolute Gasteiger partial charge is 0.388 e. The van der Waals surface area contributed by atoms with Crippen LogP contribution in [0.2, 0.25) is 0 Å². The Labute approximate surface area is 89.8 Å². The molecular weight excluding hydrogens is 200 g/mol. The Bertz CT molecular complexity index is 174. The molecule has 0 aromatic carbocycles. The monoisotopic (exact) mass is 220 g/mol. The Kier molecular flexibility index (Phi) is 6.74. The molecule has 3 N–H and O–H groups in total. The molecule has 0 aliphatic rings. The number of carbonyl (C=O) groups is 1. The van der Waals surface area contributed by atoms with Gasteiger partial charge in [0.25, 0.3) is 0 Å². The van der Waals surface area contributed by atoms with Gasteiger partial charge in [0.1, 0.15) is 0 Å². The van der Waals surface area contributed by atoms with Crippen molar-refractivity contribution in [3.63, 3.8) is 0 Å². The Hall–Kier alpha value is -0.420. The number of nitrogens with one attached hydrogen (secondary N) is 2. The normalized spacial score (nSPS) is 14.6. The summed E-state index contributed by atoms with van der Waals surface area (Å²) in [6, 6.07) is -0.225. The smallest absolute Gasteiger partial charge is 0.314 e. The van der Waals surface area contributed by atoms with Gasteiger partial charge in [-0.1, -0.05) is 0 Å². The molecule has 0 aromatic heterocycles. The summed E-state index contributed by atoms with van der Waals surface area (Å²) in [7, 11) is 0. The Morgan fingerprint density at radius 3 is 2.64 bits per heavy atom. The highest BCUT2D eigenvalue weighted by Gasteiger charge is 2.20. The Balaban J connectivity index is 3.68. The minimum Gasteiger partial charge on any atom is -0.388 e. The van der Waals surface area contributed by atoms with E-state index in [1.807, 2.05) is 13.2 Å². The molecule has 1 atom stereocenters. The molecule has 0 radical (unpaired) electrons. The average Bonchev–Trinajstić information content (AvgIpc) is 2.13. The van der Waals surface area contributed by atoms with Gasteiger partial charge in [0.15, 0.2) is 0 Å². The summed E-state index contributed by atoms with van der Waals surface area (Å²) in [5.74, 6) is 0.893. The number of urea groups is 1. The molecular formula is C9H20N2O2S. The molecule has 4 nitrogen and oxygen atoms in total. The second kappa shape index (κ2) is 6.95. The van der Waals surface area contributed by atoms with E-state index in [0.717, 1.165) is 5.75 Å². The third kappa shape index (κ3) is 7.03. The van der Waals surface area contributed by atoms with Gasteiger partial charge in [-0.3, -0.25) is 0 Å². The number of hydrogen-bond acceptors (Lipinski definition) is 3. The van der Waals surface area contributed by atoms with Crippen molar-refractivity contribution in [2.45, 2.75) is 25.9 Å². The van der Waals surface area contributed by atoms with E-state index in [2.05, 4.69) is 10.6 Å². The average molecular weight is 220 g/mol. The Morgan fingerprint density at radius 2 is 2.14 bits per heavy atom. The fourth-order valence-corrected chi connectivity index (χ4v) is 1.55. The lowest BCUT2D eigenvalue weighted by Crippen LogP contribution is -2.45. The molecule has 0 unspecified atom stereocenters. The third-order valence-corrected chi connectivity index (χ3v) is 2.42. The van der Waals surface area contributed by atoms with E-state index in [1.165, 1.54) is 0 Å². The molecule has 2 amide bonds. The second-order valence-electron chi connectivity index (χ2n) is 3.45. The second-order valence-corrected chi connectivity index (χ2v) is 4.44. The summed E-state index contributed by atoms with van der Waals surface area (Å²) in [4.78, 5) is 11.0. The van der Waals surface area contributed by atoms with Gasteiger partial charge in [0, 0.05) is 13.1 Å². The molecule has 0 heterocycles.